The van der Waals surface area contributed by atoms with Gasteiger partial charge in [-0.2, -0.15) is 0 Å². The fraction of sp³-hybridized carbons (Fsp3) is 0.300. The van der Waals surface area contributed by atoms with Gasteiger partial charge in [-0.05, 0) is 49.1 Å². The normalized spacial score (nSPS) is 11.8. The molecule has 0 saturated carbocycles. The van der Waals surface area contributed by atoms with Gasteiger partial charge in [0.15, 0.2) is 0 Å². The van der Waals surface area contributed by atoms with Crippen LogP contribution in [-0.4, -0.2) is 63.6 Å². The predicted octanol–water partition coefficient (Wildman–Crippen LogP) is -1.91. The summed E-state index contributed by atoms with van der Waals surface area (Å²) in [6, 6.07) is 3.80. The molecule has 34 heavy (non-hydrogen) atoms. The molecule has 0 unspecified atom stereocenters. The first-order chi connectivity index (χ1) is 15.9. The summed E-state index contributed by atoms with van der Waals surface area (Å²) < 4.78 is 42.5. The minimum Gasteiger partial charge on any atom is -0.423 e. The molecule has 14 heteroatoms. The van der Waals surface area contributed by atoms with E-state index in [9.17, 15) is 22.8 Å². The number of unbranched alkanes of at least 4 members (excludes halogenated alkanes) is 1. The van der Waals surface area contributed by atoms with Gasteiger partial charge in [0.05, 0.1) is 11.5 Å². The molecule has 0 aromatic heterocycles. The Balaban J connectivity index is 2.28. The molecule has 182 valence electrons. The number of carbonyl (C=O) groups excluding carboxylic acids is 2. The molecule has 8 N–H and O–H groups in total. The zero-order valence-corrected chi connectivity index (χ0v) is 18.0. The zero-order chi connectivity index (χ0) is 25.6. The van der Waals surface area contributed by atoms with Crippen molar-refractivity contribution in [3.8, 4) is 0 Å². The zero-order valence-electron chi connectivity index (χ0n) is 18.0. The summed E-state index contributed by atoms with van der Waals surface area (Å²) in [6.45, 7) is -0.285. The third-order valence-corrected chi connectivity index (χ3v) is 5.14. The van der Waals surface area contributed by atoms with Gasteiger partial charge in [-0.1, -0.05) is 6.07 Å². The molecule has 0 saturated heterocycles. The smallest absolute Gasteiger partial charge is 0.423 e. The molecular weight excluding hydrogens is 457 g/mol. The van der Waals surface area contributed by atoms with Crippen LogP contribution in [0.15, 0.2) is 30.3 Å². The number of primary amides is 1. The SMILES string of the molecule is NC(=O)[C@@H](N)CCCCN(Cc1cc(F)c(B(O)O)c(F)c1)C(=O)c1ccc(B(O)O)c(F)c1. The summed E-state index contributed by atoms with van der Waals surface area (Å²) in [5.41, 5.74) is 9.14. The van der Waals surface area contributed by atoms with Crippen molar-refractivity contribution in [3.05, 3.63) is 58.9 Å². The monoisotopic (exact) mass is 481 g/mol. The van der Waals surface area contributed by atoms with E-state index in [1.54, 1.807) is 0 Å². The minimum atomic E-state index is -2.37. The molecule has 2 rings (SSSR count). The van der Waals surface area contributed by atoms with Crippen LogP contribution in [-0.2, 0) is 11.3 Å². The van der Waals surface area contributed by atoms with Crippen LogP contribution >= 0.6 is 0 Å². The van der Waals surface area contributed by atoms with Gasteiger partial charge in [0.2, 0.25) is 5.91 Å². The molecular formula is C20H24B2F3N3O6. The Kier molecular flexibility index (Phi) is 9.65. The topological polar surface area (TPSA) is 170 Å². The highest BCUT2D eigenvalue weighted by Gasteiger charge is 2.25. The van der Waals surface area contributed by atoms with Gasteiger partial charge in [-0.15, -0.1) is 0 Å². The van der Waals surface area contributed by atoms with Crippen LogP contribution in [0.2, 0.25) is 0 Å². The largest absolute Gasteiger partial charge is 0.494 e. The van der Waals surface area contributed by atoms with Crippen molar-refractivity contribution in [2.75, 3.05) is 6.54 Å². The molecule has 0 radical (unpaired) electrons. The van der Waals surface area contributed by atoms with Crippen LogP contribution in [0, 0.1) is 17.5 Å². The fourth-order valence-electron chi connectivity index (χ4n) is 3.31. The maximum atomic E-state index is 14.2. The molecule has 9 nitrogen and oxygen atoms in total. The van der Waals surface area contributed by atoms with E-state index in [2.05, 4.69) is 0 Å². The van der Waals surface area contributed by atoms with Crippen molar-refractivity contribution >= 4 is 37.0 Å². The van der Waals surface area contributed by atoms with E-state index < -0.39 is 60.5 Å². The van der Waals surface area contributed by atoms with E-state index in [1.165, 1.54) is 11.0 Å². The Bertz CT molecular complexity index is 1020. The predicted molar refractivity (Wildman–Crippen MR) is 118 cm³/mol. The average molecular weight is 481 g/mol. The second-order valence-electron chi connectivity index (χ2n) is 7.69. The second kappa shape index (κ2) is 12.0. The van der Waals surface area contributed by atoms with E-state index in [4.69, 9.17) is 31.6 Å². The van der Waals surface area contributed by atoms with Gasteiger partial charge in [0, 0.05) is 24.1 Å². The van der Waals surface area contributed by atoms with Crippen molar-refractivity contribution in [3.63, 3.8) is 0 Å². The highest BCUT2D eigenvalue weighted by atomic mass is 19.1. The molecule has 2 aromatic carbocycles. The van der Waals surface area contributed by atoms with Gasteiger partial charge in [0.25, 0.3) is 5.91 Å². The van der Waals surface area contributed by atoms with E-state index in [1.807, 2.05) is 0 Å². The van der Waals surface area contributed by atoms with Gasteiger partial charge in [-0.3, -0.25) is 9.59 Å². The first-order valence-electron chi connectivity index (χ1n) is 10.3. The number of amides is 2. The van der Waals surface area contributed by atoms with Crippen molar-refractivity contribution in [1.82, 2.24) is 4.90 Å². The van der Waals surface area contributed by atoms with Gasteiger partial charge >= 0.3 is 14.2 Å². The highest BCUT2D eigenvalue weighted by Crippen LogP contribution is 2.15. The maximum absolute atomic E-state index is 14.2. The lowest BCUT2D eigenvalue weighted by molar-refractivity contribution is -0.119. The standard InChI is InChI=1S/C20H24B2F3N3O6/c23-14-9-12(4-5-13(14)21(31)32)20(30)28(6-2-1-3-17(26)19(27)29)10-11-7-15(24)18(22(33)34)16(25)8-11/h4-5,7-9,17,31-34H,1-3,6,10,26H2,(H2,27,29)/t17-/m0/s1. The Morgan fingerprint density at radius 2 is 1.56 bits per heavy atom. The lowest BCUT2D eigenvalue weighted by Crippen LogP contribution is -2.37. The van der Waals surface area contributed by atoms with Crippen molar-refractivity contribution < 1.29 is 42.9 Å². The summed E-state index contributed by atoms with van der Waals surface area (Å²) in [5.74, 6) is -4.89. The van der Waals surface area contributed by atoms with E-state index >= 15 is 0 Å². The summed E-state index contributed by atoms with van der Waals surface area (Å²) in [4.78, 5) is 25.3. The number of benzene rings is 2. The van der Waals surface area contributed by atoms with Crippen molar-refractivity contribution in [1.29, 1.82) is 0 Å². The van der Waals surface area contributed by atoms with Crippen LogP contribution in [0.1, 0.15) is 35.2 Å². The summed E-state index contributed by atoms with van der Waals surface area (Å²) in [6.07, 6.45) is 0.943. The third kappa shape index (κ3) is 7.05. The first-order valence-corrected chi connectivity index (χ1v) is 10.3. The van der Waals surface area contributed by atoms with E-state index in [0.717, 1.165) is 24.3 Å². The lowest BCUT2D eigenvalue weighted by Gasteiger charge is -2.24. The average Bonchev–Trinajstić information content (AvgIpc) is 2.73. The molecule has 0 heterocycles. The number of carbonyl (C=O) groups is 2. The number of hydrogen-bond donors (Lipinski definition) is 6. The van der Waals surface area contributed by atoms with E-state index in [-0.39, 0.29) is 30.6 Å². The molecule has 2 aromatic rings. The van der Waals surface area contributed by atoms with Crippen LogP contribution < -0.4 is 22.4 Å². The second-order valence-corrected chi connectivity index (χ2v) is 7.69. The summed E-state index contributed by atoms with van der Waals surface area (Å²) in [7, 11) is -4.45. The number of halogens is 3. The van der Waals surface area contributed by atoms with Gasteiger partial charge in [-0.25, -0.2) is 13.2 Å². The Morgan fingerprint density at radius 3 is 2.06 bits per heavy atom. The summed E-state index contributed by atoms with van der Waals surface area (Å²) in [5, 5.41) is 36.5. The van der Waals surface area contributed by atoms with Crippen molar-refractivity contribution in [2.24, 2.45) is 11.5 Å². The molecule has 2 amide bonds. The fourth-order valence-corrected chi connectivity index (χ4v) is 3.31. The summed E-state index contributed by atoms with van der Waals surface area (Å²) >= 11 is 0. The number of hydrogen-bond acceptors (Lipinski definition) is 7. The van der Waals surface area contributed by atoms with Crippen LogP contribution in [0.25, 0.3) is 0 Å². The van der Waals surface area contributed by atoms with Gasteiger partial charge in [0.1, 0.15) is 17.5 Å². The maximum Gasteiger partial charge on any atom is 0.494 e. The minimum absolute atomic E-state index is 0.00976. The Morgan fingerprint density at radius 1 is 0.941 bits per heavy atom. The van der Waals surface area contributed by atoms with Crippen LogP contribution in [0.4, 0.5) is 13.2 Å². The van der Waals surface area contributed by atoms with Crippen LogP contribution in [0.3, 0.4) is 0 Å². The molecule has 0 aliphatic heterocycles. The number of nitrogens with zero attached hydrogens (tertiary/aromatic N) is 1. The highest BCUT2D eigenvalue weighted by molar-refractivity contribution is 6.59. The molecule has 0 aliphatic carbocycles. The van der Waals surface area contributed by atoms with E-state index in [0.29, 0.717) is 12.8 Å². The molecule has 0 aliphatic rings. The molecule has 0 fully saturated rings. The first kappa shape index (κ1) is 27.3. The quantitative estimate of drug-likeness (QED) is 0.161. The number of rotatable bonds is 11. The third-order valence-electron chi connectivity index (χ3n) is 5.14. The molecule has 0 spiro atoms. The molecule has 1 atom stereocenters. The lowest BCUT2D eigenvalue weighted by atomic mass is 9.79. The van der Waals surface area contributed by atoms with Gasteiger partial charge < -0.3 is 36.5 Å². The van der Waals surface area contributed by atoms with Crippen LogP contribution in [0.5, 0.6) is 0 Å². The van der Waals surface area contributed by atoms with Crippen molar-refractivity contribution in [2.45, 2.75) is 31.8 Å². The Labute approximate surface area is 194 Å². The Hall–Kier alpha value is -2.90. The number of nitrogens with two attached hydrogens (primary N) is 2. The molecule has 0 bridgehead atoms.